The Morgan fingerprint density at radius 2 is 1.52 bits per heavy atom. The van der Waals surface area contributed by atoms with E-state index in [2.05, 4.69) is 15.5 Å². The predicted octanol–water partition coefficient (Wildman–Crippen LogP) is 3.48. The fourth-order valence-corrected chi connectivity index (χ4v) is 3.87. The van der Waals surface area contributed by atoms with Crippen LogP contribution in [0.3, 0.4) is 0 Å². The summed E-state index contributed by atoms with van der Waals surface area (Å²) >= 11 is 5.88. The molecule has 2 N–H and O–H groups in total. The first kappa shape index (κ1) is 21.8. The van der Waals surface area contributed by atoms with Gasteiger partial charge in [0.2, 0.25) is 0 Å². The Morgan fingerprint density at radius 3 is 2.21 bits per heavy atom. The average molecular weight is 419 g/mol. The molecule has 0 aromatic heterocycles. The Labute approximate surface area is 178 Å². The van der Waals surface area contributed by atoms with Crippen LogP contribution in [0.15, 0.2) is 30.0 Å². The SMILES string of the molecule is O=C1N/C(=C\c2ccc(Cl)cc2)C(=O)N1CCCCCCCCN1CCNCC1. The van der Waals surface area contributed by atoms with Gasteiger partial charge in [0, 0.05) is 37.7 Å². The smallest absolute Gasteiger partial charge is 0.314 e. The quantitative estimate of drug-likeness (QED) is 0.347. The van der Waals surface area contributed by atoms with E-state index in [1.807, 2.05) is 12.1 Å². The summed E-state index contributed by atoms with van der Waals surface area (Å²) in [6, 6.07) is 6.83. The van der Waals surface area contributed by atoms with E-state index in [1.165, 1.54) is 43.8 Å². The lowest BCUT2D eigenvalue weighted by Gasteiger charge is -2.27. The number of benzene rings is 1. The Morgan fingerprint density at radius 1 is 0.897 bits per heavy atom. The van der Waals surface area contributed by atoms with Gasteiger partial charge in [-0.1, -0.05) is 49.4 Å². The first-order valence-electron chi connectivity index (χ1n) is 10.7. The van der Waals surface area contributed by atoms with Gasteiger partial charge >= 0.3 is 6.03 Å². The number of nitrogens with zero attached hydrogens (tertiary/aromatic N) is 2. The van der Waals surface area contributed by atoms with Crippen LogP contribution in [0.4, 0.5) is 4.79 Å². The molecule has 0 unspecified atom stereocenters. The molecule has 3 rings (SSSR count). The number of rotatable bonds is 10. The molecule has 2 heterocycles. The summed E-state index contributed by atoms with van der Waals surface area (Å²) in [5, 5.41) is 6.69. The van der Waals surface area contributed by atoms with Crippen LogP contribution < -0.4 is 10.6 Å². The van der Waals surface area contributed by atoms with Crippen LogP contribution in [0, 0.1) is 0 Å². The van der Waals surface area contributed by atoms with Crippen molar-refractivity contribution in [2.45, 2.75) is 38.5 Å². The third kappa shape index (κ3) is 6.84. The summed E-state index contributed by atoms with van der Waals surface area (Å²) in [4.78, 5) is 28.4. The number of nitrogens with one attached hydrogen (secondary N) is 2. The molecule has 0 saturated carbocycles. The molecule has 3 amide bonds. The molecular formula is C22H31ClN4O2. The number of unbranched alkanes of at least 4 members (excludes halogenated alkanes) is 5. The summed E-state index contributed by atoms with van der Waals surface area (Å²) in [5.41, 5.74) is 1.16. The maximum absolute atomic E-state index is 12.5. The maximum Gasteiger partial charge on any atom is 0.329 e. The second-order valence-corrected chi connectivity index (χ2v) is 8.15. The molecule has 0 radical (unpaired) electrons. The van der Waals surface area contributed by atoms with E-state index in [0.29, 0.717) is 17.3 Å². The predicted molar refractivity (Wildman–Crippen MR) is 117 cm³/mol. The molecule has 1 aromatic carbocycles. The highest BCUT2D eigenvalue weighted by atomic mass is 35.5. The van der Waals surface area contributed by atoms with Crippen molar-refractivity contribution < 1.29 is 9.59 Å². The molecular weight excluding hydrogens is 388 g/mol. The largest absolute Gasteiger partial charge is 0.329 e. The van der Waals surface area contributed by atoms with Crippen molar-refractivity contribution in [2.24, 2.45) is 0 Å². The van der Waals surface area contributed by atoms with Gasteiger partial charge in [0.1, 0.15) is 5.70 Å². The molecule has 0 bridgehead atoms. The Kier molecular flexibility index (Phi) is 8.52. The van der Waals surface area contributed by atoms with Crippen LogP contribution in [0.5, 0.6) is 0 Å². The lowest BCUT2D eigenvalue weighted by Crippen LogP contribution is -2.43. The molecule has 0 spiro atoms. The number of imide groups is 1. The van der Waals surface area contributed by atoms with Gasteiger partial charge in [0.15, 0.2) is 0 Å². The van der Waals surface area contributed by atoms with Crippen molar-refractivity contribution in [3.63, 3.8) is 0 Å². The van der Waals surface area contributed by atoms with Gasteiger partial charge in [-0.3, -0.25) is 9.69 Å². The molecule has 2 saturated heterocycles. The van der Waals surface area contributed by atoms with Crippen molar-refractivity contribution >= 4 is 29.6 Å². The summed E-state index contributed by atoms with van der Waals surface area (Å²) in [6.45, 7) is 6.23. The van der Waals surface area contributed by atoms with Gasteiger partial charge < -0.3 is 15.5 Å². The van der Waals surface area contributed by atoms with E-state index < -0.39 is 0 Å². The number of halogens is 1. The normalized spacial score (nSPS) is 19.2. The van der Waals surface area contributed by atoms with E-state index >= 15 is 0 Å². The highest BCUT2D eigenvalue weighted by molar-refractivity contribution is 6.30. The lowest BCUT2D eigenvalue weighted by molar-refractivity contribution is -0.122. The average Bonchev–Trinajstić information content (AvgIpc) is 2.99. The summed E-state index contributed by atoms with van der Waals surface area (Å²) in [5.74, 6) is -0.249. The maximum atomic E-state index is 12.5. The van der Waals surface area contributed by atoms with Crippen LogP contribution in [-0.2, 0) is 4.79 Å². The monoisotopic (exact) mass is 418 g/mol. The first-order chi connectivity index (χ1) is 14.1. The number of amides is 3. The van der Waals surface area contributed by atoms with E-state index in [-0.39, 0.29) is 11.9 Å². The number of hydrogen-bond donors (Lipinski definition) is 2. The lowest BCUT2D eigenvalue weighted by atomic mass is 10.1. The minimum Gasteiger partial charge on any atom is -0.314 e. The van der Waals surface area contributed by atoms with Crippen molar-refractivity contribution in [1.29, 1.82) is 0 Å². The van der Waals surface area contributed by atoms with Crippen LogP contribution >= 0.6 is 11.6 Å². The van der Waals surface area contributed by atoms with Crippen molar-refractivity contribution in [2.75, 3.05) is 39.3 Å². The van der Waals surface area contributed by atoms with Gasteiger partial charge in [-0.2, -0.15) is 0 Å². The summed E-state index contributed by atoms with van der Waals surface area (Å²) < 4.78 is 0. The first-order valence-corrected chi connectivity index (χ1v) is 11.0. The zero-order valence-corrected chi connectivity index (χ0v) is 17.7. The third-order valence-electron chi connectivity index (χ3n) is 5.46. The summed E-state index contributed by atoms with van der Waals surface area (Å²) in [6.07, 6.45) is 8.46. The molecule has 6 nitrogen and oxygen atoms in total. The summed E-state index contributed by atoms with van der Waals surface area (Å²) in [7, 11) is 0. The Hall–Kier alpha value is -1.89. The second kappa shape index (κ2) is 11.3. The molecule has 0 aliphatic carbocycles. The zero-order valence-electron chi connectivity index (χ0n) is 17.0. The van der Waals surface area contributed by atoms with Gasteiger partial charge in [-0.15, -0.1) is 0 Å². The van der Waals surface area contributed by atoms with Crippen molar-refractivity contribution in [3.8, 4) is 0 Å². The minimum atomic E-state index is -0.328. The minimum absolute atomic E-state index is 0.249. The number of carbonyl (C=O) groups is 2. The molecule has 0 atom stereocenters. The number of hydrogen-bond acceptors (Lipinski definition) is 4. The Balaban J connectivity index is 1.30. The fourth-order valence-electron chi connectivity index (χ4n) is 3.75. The van der Waals surface area contributed by atoms with Gasteiger partial charge in [0.05, 0.1) is 0 Å². The van der Waals surface area contributed by atoms with Gasteiger partial charge in [0.25, 0.3) is 5.91 Å². The second-order valence-electron chi connectivity index (χ2n) is 7.71. The van der Waals surface area contributed by atoms with E-state index in [1.54, 1.807) is 18.2 Å². The molecule has 2 fully saturated rings. The molecule has 7 heteroatoms. The van der Waals surface area contributed by atoms with Gasteiger partial charge in [-0.05, 0) is 43.2 Å². The molecule has 2 aliphatic heterocycles. The van der Waals surface area contributed by atoms with Crippen LogP contribution in [-0.4, -0.2) is 61.0 Å². The molecule has 1 aromatic rings. The Bertz CT molecular complexity index is 714. The molecule has 2 aliphatic rings. The van der Waals surface area contributed by atoms with Crippen molar-refractivity contribution in [3.05, 3.63) is 40.5 Å². The number of carbonyl (C=O) groups excluding carboxylic acids is 2. The zero-order chi connectivity index (χ0) is 20.5. The van der Waals surface area contributed by atoms with E-state index in [9.17, 15) is 9.59 Å². The number of urea groups is 1. The standard InChI is InChI=1S/C22H31ClN4O2/c23-19-9-7-18(8-10-19)17-20-21(28)27(22(29)25-20)14-6-4-2-1-3-5-13-26-15-11-24-12-16-26/h7-10,17,24H,1-6,11-16H2,(H,25,29)/b20-17-. The van der Waals surface area contributed by atoms with E-state index in [4.69, 9.17) is 11.6 Å². The van der Waals surface area contributed by atoms with Crippen LogP contribution in [0.25, 0.3) is 6.08 Å². The highest BCUT2D eigenvalue weighted by Crippen LogP contribution is 2.17. The molecule has 158 valence electrons. The van der Waals surface area contributed by atoms with Crippen LogP contribution in [0.2, 0.25) is 5.02 Å². The topological polar surface area (TPSA) is 64.7 Å². The fraction of sp³-hybridized carbons (Fsp3) is 0.545. The molecule has 29 heavy (non-hydrogen) atoms. The highest BCUT2D eigenvalue weighted by Gasteiger charge is 2.32. The third-order valence-corrected chi connectivity index (χ3v) is 5.71. The van der Waals surface area contributed by atoms with Crippen LogP contribution in [0.1, 0.15) is 44.1 Å². The number of piperazine rings is 1. The van der Waals surface area contributed by atoms with Gasteiger partial charge in [-0.25, -0.2) is 4.79 Å². The van der Waals surface area contributed by atoms with Crippen molar-refractivity contribution in [1.82, 2.24) is 20.4 Å². The van der Waals surface area contributed by atoms with E-state index in [0.717, 1.165) is 37.9 Å².